The van der Waals surface area contributed by atoms with Crippen molar-refractivity contribution in [2.24, 2.45) is 23.7 Å². The largest absolute Gasteiger partial charge is 0.481 e. The first-order valence-corrected chi connectivity index (χ1v) is 9.55. The molecule has 7 heteroatoms. The Kier molecular flexibility index (Phi) is 4.86. The Bertz CT molecular complexity index is 741. The normalized spacial score (nSPS) is 29.6. The summed E-state index contributed by atoms with van der Waals surface area (Å²) in [6, 6.07) is 6.80. The number of anilines is 1. The Balaban J connectivity index is 1.41. The van der Waals surface area contributed by atoms with E-state index in [0.717, 1.165) is 19.3 Å². The quantitative estimate of drug-likeness (QED) is 0.841. The smallest absolute Gasteiger partial charge is 0.307 e. The highest BCUT2D eigenvalue weighted by atomic mass is 16.5. The molecule has 1 aromatic rings. The van der Waals surface area contributed by atoms with Gasteiger partial charge in [0.15, 0.2) is 0 Å². The number of rotatable bonds is 4. The molecule has 144 valence electrons. The number of ether oxygens (including phenoxy) is 1. The molecule has 1 saturated heterocycles. The third-order valence-electron chi connectivity index (χ3n) is 6.20. The first-order chi connectivity index (χ1) is 13.0. The van der Waals surface area contributed by atoms with Crippen molar-refractivity contribution in [2.75, 3.05) is 31.6 Å². The van der Waals surface area contributed by atoms with Crippen molar-refractivity contribution >= 4 is 23.5 Å². The number of benzene rings is 1. The molecule has 0 radical (unpaired) electrons. The van der Waals surface area contributed by atoms with Crippen LogP contribution in [0.4, 0.5) is 5.69 Å². The Morgan fingerprint density at radius 1 is 1.00 bits per heavy atom. The van der Waals surface area contributed by atoms with Gasteiger partial charge < -0.3 is 20.1 Å². The van der Waals surface area contributed by atoms with Crippen LogP contribution in [0.5, 0.6) is 0 Å². The minimum atomic E-state index is -0.867. The molecule has 0 unspecified atom stereocenters. The van der Waals surface area contributed by atoms with E-state index in [2.05, 4.69) is 5.32 Å². The van der Waals surface area contributed by atoms with Crippen molar-refractivity contribution in [1.29, 1.82) is 0 Å². The summed E-state index contributed by atoms with van der Waals surface area (Å²) < 4.78 is 5.26. The molecule has 0 aromatic heterocycles. The van der Waals surface area contributed by atoms with Gasteiger partial charge in [0.05, 0.1) is 25.0 Å². The van der Waals surface area contributed by atoms with Gasteiger partial charge in [-0.2, -0.15) is 0 Å². The fourth-order valence-electron chi connectivity index (χ4n) is 4.89. The van der Waals surface area contributed by atoms with E-state index in [-0.39, 0.29) is 23.7 Å². The lowest BCUT2D eigenvalue weighted by atomic mass is 9.78. The number of hydrogen-bond donors (Lipinski definition) is 2. The van der Waals surface area contributed by atoms with Crippen molar-refractivity contribution in [2.45, 2.75) is 19.3 Å². The number of carboxylic acids is 1. The molecule has 1 aromatic carbocycles. The van der Waals surface area contributed by atoms with E-state index in [0.29, 0.717) is 37.6 Å². The summed E-state index contributed by atoms with van der Waals surface area (Å²) >= 11 is 0. The van der Waals surface area contributed by atoms with E-state index in [4.69, 9.17) is 4.74 Å². The van der Waals surface area contributed by atoms with Crippen molar-refractivity contribution in [3.8, 4) is 0 Å². The maximum atomic E-state index is 12.7. The lowest BCUT2D eigenvalue weighted by molar-refractivity contribution is -0.148. The zero-order valence-corrected chi connectivity index (χ0v) is 15.1. The number of carbonyl (C=O) groups is 3. The second kappa shape index (κ2) is 7.31. The number of amides is 2. The van der Waals surface area contributed by atoms with Gasteiger partial charge in [-0.15, -0.1) is 0 Å². The van der Waals surface area contributed by atoms with E-state index >= 15 is 0 Å². The number of nitrogens with zero attached hydrogens (tertiary/aromatic N) is 1. The van der Waals surface area contributed by atoms with Gasteiger partial charge in [0, 0.05) is 24.3 Å². The summed E-state index contributed by atoms with van der Waals surface area (Å²) in [5, 5.41) is 12.4. The van der Waals surface area contributed by atoms with E-state index in [9.17, 15) is 19.5 Å². The molecule has 2 bridgehead atoms. The van der Waals surface area contributed by atoms with E-state index in [1.54, 1.807) is 29.2 Å². The number of carboxylic acid groups (broad SMARTS) is 1. The Morgan fingerprint density at radius 3 is 2.26 bits per heavy atom. The first-order valence-electron chi connectivity index (χ1n) is 9.55. The molecular formula is C20H24N2O5. The van der Waals surface area contributed by atoms with Gasteiger partial charge >= 0.3 is 5.97 Å². The number of nitrogens with one attached hydrogen (secondary N) is 1. The van der Waals surface area contributed by atoms with E-state index < -0.39 is 17.8 Å². The molecule has 7 nitrogen and oxygen atoms in total. The average molecular weight is 372 g/mol. The summed E-state index contributed by atoms with van der Waals surface area (Å²) in [5.41, 5.74) is 1.16. The molecule has 2 saturated carbocycles. The third-order valence-corrected chi connectivity index (χ3v) is 6.20. The van der Waals surface area contributed by atoms with Crippen LogP contribution in [-0.2, 0) is 14.3 Å². The van der Waals surface area contributed by atoms with Gasteiger partial charge in [0.2, 0.25) is 5.91 Å². The molecule has 1 aliphatic heterocycles. The maximum absolute atomic E-state index is 12.7. The van der Waals surface area contributed by atoms with Crippen molar-refractivity contribution in [3.63, 3.8) is 0 Å². The average Bonchev–Trinajstić information content (AvgIpc) is 3.30. The highest BCUT2D eigenvalue weighted by Gasteiger charge is 2.53. The number of carbonyl (C=O) groups excluding carboxylic acids is 2. The molecule has 2 amide bonds. The molecule has 1 heterocycles. The van der Waals surface area contributed by atoms with Crippen LogP contribution < -0.4 is 5.32 Å². The first kappa shape index (κ1) is 18.0. The van der Waals surface area contributed by atoms with Crippen LogP contribution in [0.25, 0.3) is 0 Å². The second-order valence-corrected chi connectivity index (χ2v) is 7.69. The molecule has 2 aliphatic carbocycles. The van der Waals surface area contributed by atoms with Crippen LogP contribution in [0.1, 0.15) is 29.6 Å². The predicted octanol–water partition coefficient (Wildman–Crippen LogP) is 1.84. The molecule has 2 N–H and O–H groups in total. The SMILES string of the molecule is O=C(O)[C@H]1[C@@H]2CC[C@@H](C2)[C@@H]1C(=O)Nc1ccc(C(=O)N2CCOCC2)cc1. The molecule has 4 rings (SSSR count). The number of aliphatic carboxylic acids is 1. The number of morpholine rings is 1. The highest BCUT2D eigenvalue weighted by molar-refractivity contribution is 5.97. The van der Waals surface area contributed by atoms with E-state index in [1.165, 1.54) is 0 Å². The van der Waals surface area contributed by atoms with Crippen LogP contribution in [0.15, 0.2) is 24.3 Å². The molecule has 3 aliphatic rings. The van der Waals surface area contributed by atoms with Gasteiger partial charge in [-0.05, 0) is 55.4 Å². The second-order valence-electron chi connectivity index (χ2n) is 7.69. The van der Waals surface area contributed by atoms with E-state index in [1.807, 2.05) is 0 Å². The summed E-state index contributed by atoms with van der Waals surface area (Å²) in [6.45, 7) is 2.26. The highest BCUT2D eigenvalue weighted by Crippen LogP contribution is 2.52. The third kappa shape index (κ3) is 3.43. The van der Waals surface area contributed by atoms with Gasteiger partial charge in [-0.25, -0.2) is 0 Å². The van der Waals surface area contributed by atoms with Crippen LogP contribution in [0, 0.1) is 23.7 Å². The molecular weight excluding hydrogens is 348 g/mol. The minimum absolute atomic E-state index is 0.0461. The summed E-state index contributed by atoms with van der Waals surface area (Å²) in [5.74, 6) is -1.89. The fourth-order valence-corrected chi connectivity index (χ4v) is 4.89. The summed E-state index contributed by atoms with van der Waals surface area (Å²) in [4.78, 5) is 38.5. The summed E-state index contributed by atoms with van der Waals surface area (Å²) in [7, 11) is 0. The zero-order valence-electron chi connectivity index (χ0n) is 15.1. The van der Waals surface area contributed by atoms with Crippen LogP contribution in [-0.4, -0.2) is 54.1 Å². The Morgan fingerprint density at radius 2 is 1.63 bits per heavy atom. The zero-order chi connectivity index (χ0) is 19.0. The topological polar surface area (TPSA) is 95.9 Å². The molecule has 0 spiro atoms. The lowest BCUT2D eigenvalue weighted by Gasteiger charge is -2.27. The molecule has 4 atom stereocenters. The van der Waals surface area contributed by atoms with Crippen LogP contribution in [0.2, 0.25) is 0 Å². The Labute approximate surface area is 157 Å². The molecule has 3 fully saturated rings. The fraction of sp³-hybridized carbons (Fsp3) is 0.550. The number of hydrogen-bond acceptors (Lipinski definition) is 4. The van der Waals surface area contributed by atoms with Crippen molar-refractivity contribution < 1.29 is 24.2 Å². The Hall–Kier alpha value is -2.41. The van der Waals surface area contributed by atoms with Gasteiger partial charge in [0.25, 0.3) is 5.91 Å². The minimum Gasteiger partial charge on any atom is -0.481 e. The predicted molar refractivity (Wildman–Crippen MR) is 97.2 cm³/mol. The van der Waals surface area contributed by atoms with Crippen molar-refractivity contribution in [3.05, 3.63) is 29.8 Å². The van der Waals surface area contributed by atoms with Gasteiger partial charge in [0.1, 0.15) is 0 Å². The standard InChI is InChI=1S/C20H24N2O5/c23-18(16-13-1-2-14(11-13)17(16)20(25)26)21-15-5-3-12(4-6-15)19(24)22-7-9-27-10-8-22/h3-6,13-14,16-17H,1-2,7-11H2,(H,21,23)(H,25,26)/t13-,14+,16-,17-/m0/s1. The monoisotopic (exact) mass is 372 g/mol. The van der Waals surface area contributed by atoms with Gasteiger partial charge in [-0.1, -0.05) is 0 Å². The summed E-state index contributed by atoms with van der Waals surface area (Å²) in [6.07, 6.45) is 2.67. The maximum Gasteiger partial charge on any atom is 0.307 e. The lowest BCUT2D eigenvalue weighted by Crippen LogP contribution is -2.40. The van der Waals surface area contributed by atoms with Gasteiger partial charge in [-0.3, -0.25) is 14.4 Å². The van der Waals surface area contributed by atoms with Crippen LogP contribution >= 0.6 is 0 Å². The molecule has 27 heavy (non-hydrogen) atoms. The van der Waals surface area contributed by atoms with Crippen molar-refractivity contribution in [1.82, 2.24) is 4.90 Å². The van der Waals surface area contributed by atoms with Crippen LogP contribution in [0.3, 0.4) is 0 Å². The number of fused-ring (bicyclic) bond motifs is 2.